The first-order valence-corrected chi connectivity index (χ1v) is 11.7. The fourth-order valence-corrected chi connectivity index (χ4v) is 4.67. The summed E-state index contributed by atoms with van der Waals surface area (Å²) in [4.78, 5) is 37.6. The summed E-state index contributed by atoms with van der Waals surface area (Å²) in [5.74, 6) is -1.18. The molecule has 4 rings (SSSR count). The lowest BCUT2D eigenvalue weighted by Gasteiger charge is -2.33. The summed E-state index contributed by atoms with van der Waals surface area (Å²) in [5, 5.41) is 11.6. The normalized spacial score (nSPS) is 17.9. The van der Waals surface area contributed by atoms with Crippen molar-refractivity contribution in [1.82, 2.24) is 10.2 Å². The second-order valence-electron chi connectivity index (χ2n) is 8.70. The number of nitrogens with zero attached hydrogens (tertiary/aromatic N) is 1. The molecule has 0 bridgehead atoms. The van der Waals surface area contributed by atoms with Crippen molar-refractivity contribution in [3.8, 4) is 11.1 Å². The Hall–Kier alpha value is -3.43. The summed E-state index contributed by atoms with van der Waals surface area (Å²) >= 11 is 0. The number of aliphatic carboxylic acids is 1. The van der Waals surface area contributed by atoms with Gasteiger partial charge in [-0.25, -0.2) is 4.79 Å². The van der Waals surface area contributed by atoms with Crippen LogP contribution in [0.4, 0.5) is 4.79 Å². The number of rotatable bonds is 9. The quantitative estimate of drug-likeness (QED) is 0.565. The number of carbonyl (C=O) groups is 3. The molecule has 0 aromatic heterocycles. The number of alkyl carbamates (subject to hydrolysis) is 1. The molecule has 186 valence electrons. The van der Waals surface area contributed by atoms with Gasteiger partial charge in [-0.2, -0.15) is 0 Å². The highest BCUT2D eigenvalue weighted by Crippen LogP contribution is 2.44. The van der Waals surface area contributed by atoms with E-state index in [9.17, 15) is 14.4 Å². The summed E-state index contributed by atoms with van der Waals surface area (Å²) in [6.07, 6.45) is -1.73. The number of carboxylic acids is 1. The van der Waals surface area contributed by atoms with Crippen molar-refractivity contribution in [2.45, 2.75) is 31.0 Å². The Morgan fingerprint density at radius 1 is 1.11 bits per heavy atom. The van der Waals surface area contributed by atoms with Crippen LogP contribution in [-0.4, -0.2) is 80.1 Å². The number of hydrogen-bond acceptors (Lipinski definition) is 6. The highest BCUT2D eigenvalue weighted by molar-refractivity contribution is 5.79. The average Bonchev–Trinajstić information content (AvgIpc) is 3.18. The predicted octanol–water partition coefficient (Wildman–Crippen LogP) is 2.63. The van der Waals surface area contributed by atoms with Gasteiger partial charge in [-0.15, -0.1) is 0 Å². The van der Waals surface area contributed by atoms with Crippen molar-refractivity contribution >= 4 is 18.0 Å². The highest BCUT2D eigenvalue weighted by atomic mass is 16.5. The molecule has 2 atom stereocenters. The maximum atomic E-state index is 12.7. The Morgan fingerprint density at radius 3 is 2.40 bits per heavy atom. The van der Waals surface area contributed by atoms with Crippen LogP contribution in [0.2, 0.25) is 0 Å². The van der Waals surface area contributed by atoms with E-state index in [1.165, 1.54) is 7.11 Å². The number of morpholine rings is 1. The van der Waals surface area contributed by atoms with Gasteiger partial charge in [0.1, 0.15) is 6.61 Å². The molecule has 2 aromatic rings. The van der Waals surface area contributed by atoms with Crippen LogP contribution in [0.25, 0.3) is 11.1 Å². The Morgan fingerprint density at radius 2 is 1.77 bits per heavy atom. The third-order valence-electron chi connectivity index (χ3n) is 6.45. The minimum atomic E-state index is -0.966. The van der Waals surface area contributed by atoms with Crippen LogP contribution in [-0.2, 0) is 23.8 Å². The van der Waals surface area contributed by atoms with Crippen LogP contribution in [0.15, 0.2) is 48.5 Å². The molecule has 1 aliphatic carbocycles. The number of nitrogens with one attached hydrogen (secondary N) is 1. The SMILES string of the molecule is COC(CNC(=O)OCC1c2ccccc2-c2ccccc21)CC(=O)N1CCOC(CC(=O)O)C1. The molecule has 1 saturated heterocycles. The Bertz CT molecular complexity index is 1030. The number of carbonyl (C=O) groups excluding carboxylic acids is 2. The third kappa shape index (κ3) is 5.98. The monoisotopic (exact) mass is 482 g/mol. The Kier molecular flexibility index (Phi) is 7.99. The molecular formula is C26H30N2O7. The van der Waals surface area contributed by atoms with Crippen molar-refractivity contribution in [2.75, 3.05) is 40.0 Å². The summed E-state index contributed by atoms with van der Waals surface area (Å²) in [7, 11) is 1.48. The molecule has 9 nitrogen and oxygen atoms in total. The van der Waals surface area contributed by atoms with E-state index in [2.05, 4.69) is 29.6 Å². The minimum Gasteiger partial charge on any atom is -0.481 e. The lowest BCUT2D eigenvalue weighted by Crippen LogP contribution is -2.47. The van der Waals surface area contributed by atoms with Crippen molar-refractivity contribution in [1.29, 1.82) is 0 Å². The van der Waals surface area contributed by atoms with Crippen LogP contribution >= 0.6 is 0 Å². The number of fused-ring (bicyclic) bond motifs is 3. The van der Waals surface area contributed by atoms with Crippen LogP contribution in [0.5, 0.6) is 0 Å². The van der Waals surface area contributed by atoms with Gasteiger partial charge in [0.25, 0.3) is 0 Å². The fourth-order valence-electron chi connectivity index (χ4n) is 4.67. The second kappa shape index (κ2) is 11.3. The van der Waals surface area contributed by atoms with E-state index < -0.39 is 24.3 Å². The number of hydrogen-bond donors (Lipinski definition) is 2. The van der Waals surface area contributed by atoms with Crippen molar-refractivity contribution in [3.63, 3.8) is 0 Å². The summed E-state index contributed by atoms with van der Waals surface area (Å²) in [6.45, 7) is 1.23. The maximum absolute atomic E-state index is 12.7. The van der Waals surface area contributed by atoms with E-state index in [0.29, 0.717) is 13.2 Å². The van der Waals surface area contributed by atoms with Gasteiger partial charge in [-0.05, 0) is 22.3 Å². The maximum Gasteiger partial charge on any atom is 0.407 e. The van der Waals surface area contributed by atoms with Crippen LogP contribution in [0, 0.1) is 0 Å². The van der Waals surface area contributed by atoms with E-state index >= 15 is 0 Å². The van der Waals surface area contributed by atoms with Gasteiger partial charge in [0, 0.05) is 32.7 Å². The number of ether oxygens (including phenoxy) is 3. The molecule has 2 aromatic carbocycles. The lowest BCUT2D eigenvalue weighted by molar-refractivity contribution is -0.148. The van der Waals surface area contributed by atoms with Crippen molar-refractivity contribution in [3.05, 3.63) is 59.7 Å². The smallest absolute Gasteiger partial charge is 0.407 e. The molecule has 0 saturated carbocycles. The van der Waals surface area contributed by atoms with Crippen LogP contribution in [0.3, 0.4) is 0 Å². The molecule has 1 aliphatic heterocycles. The van der Waals surface area contributed by atoms with Crippen LogP contribution in [0.1, 0.15) is 29.9 Å². The van der Waals surface area contributed by atoms with E-state index in [1.807, 2.05) is 24.3 Å². The number of amides is 2. The van der Waals surface area contributed by atoms with Gasteiger partial charge in [0.05, 0.1) is 31.7 Å². The molecule has 2 aliphatic rings. The van der Waals surface area contributed by atoms with Gasteiger partial charge in [-0.3, -0.25) is 9.59 Å². The zero-order valence-electron chi connectivity index (χ0n) is 19.6. The van der Waals surface area contributed by atoms with Crippen molar-refractivity contribution in [2.24, 2.45) is 0 Å². The van der Waals surface area contributed by atoms with Gasteiger partial charge in [0.2, 0.25) is 5.91 Å². The first-order chi connectivity index (χ1) is 17.0. The predicted molar refractivity (Wildman–Crippen MR) is 127 cm³/mol. The zero-order valence-corrected chi connectivity index (χ0v) is 19.6. The molecule has 2 amide bonds. The minimum absolute atomic E-state index is 0.0342. The van der Waals surface area contributed by atoms with E-state index in [-0.39, 0.29) is 44.4 Å². The number of carboxylic acid groups (broad SMARTS) is 1. The molecule has 9 heteroatoms. The number of methoxy groups -OCH3 is 1. The zero-order chi connectivity index (χ0) is 24.8. The standard InChI is InChI=1S/C26H30N2O7/c1-33-17(12-24(29)28-10-11-34-18(15-28)13-25(30)31)14-27-26(32)35-16-23-21-8-4-2-6-19(21)20-7-3-5-9-22(20)23/h2-9,17-18,23H,10-16H2,1H3,(H,27,32)(H,30,31). The summed E-state index contributed by atoms with van der Waals surface area (Å²) in [5.41, 5.74) is 4.58. The molecule has 2 unspecified atom stereocenters. The van der Waals surface area contributed by atoms with E-state index in [1.54, 1.807) is 4.90 Å². The summed E-state index contributed by atoms with van der Waals surface area (Å²) in [6, 6.07) is 16.2. The van der Waals surface area contributed by atoms with Gasteiger partial charge in [0.15, 0.2) is 0 Å². The van der Waals surface area contributed by atoms with Crippen molar-refractivity contribution < 1.29 is 33.7 Å². The Labute approximate surface area is 204 Å². The average molecular weight is 483 g/mol. The van der Waals surface area contributed by atoms with Gasteiger partial charge < -0.3 is 29.5 Å². The largest absolute Gasteiger partial charge is 0.481 e. The topological polar surface area (TPSA) is 114 Å². The molecule has 35 heavy (non-hydrogen) atoms. The molecule has 1 heterocycles. The molecule has 0 spiro atoms. The first kappa shape index (κ1) is 24.7. The Balaban J connectivity index is 1.26. The summed E-state index contributed by atoms with van der Waals surface area (Å²) < 4.78 is 16.3. The van der Waals surface area contributed by atoms with Crippen LogP contribution < -0.4 is 5.32 Å². The second-order valence-corrected chi connectivity index (χ2v) is 8.70. The van der Waals surface area contributed by atoms with Gasteiger partial charge in [-0.1, -0.05) is 48.5 Å². The molecule has 0 radical (unpaired) electrons. The third-order valence-corrected chi connectivity index (χ3v) is 6.45. The van der Waals surface area contributed by atoms with E-state index in [4.69, 9.17) is 19.3 Å². The highest BCUT2D eigenvalue weighted by Gasteiger charge is 2.30. The lowest BCUT2D eigenvalue weighted by atomic mass is 9.98. The van der Waals surface area contributed by atoms with E-state index in [0.717, 1.165) is 22.3 Å². The fraction of sp³-hybridized carbons (Fsp3) is 0.423. The molecular weight excluding hydrogens is 452 g/mol. The van der Waals surface area contributed by atoms with Gasteiger partial charge >= 0.3 is 12.1 Å². The number of benzene rings is 2. The molecule has 2 N–H and O–H groups in total. The molecule has 1 fully saturated rings. The first-order valence-electron chi connectivity index (χ1n) is 11.7.